The van der Waals surface area contributed by atoms with Crippen molar-refractivity contribution in [1.29, 1.82) is 0 Å². The van der Waals surface area contributed by atoms with Crippen molar-refractivity contribution in [3.63, 3.8) is 0 Å². The summed E-state index contributed by atoms with van der Waals surface area (Å²) in [4.78, 5) is 11.7. The van der Waals surface area contributed by atoms with E-state index in [-0.39, 0.29) is 24.0 Å². The van der Waals surface area contributed by atoms with E-state index in [0.29, 0.717) is 24.4 Å². The molecule has 146 valence electrons. The Bertz CT molecular complexity index is 859. The molecule has 0 radical (unpaired) electrons. The lowest BCUT2D eigenvalue weighted by Gasteiger charge is -2.11. The van der Waals surface area contributed by atoms with Crippen molar-refractivity contribution in [2.24, 2.45) is 0 Å². The minimum atomic E-state index is -3.72. The van der Waals surface area contributed by atoms with Gasteiger partial charge in [-0.25, -0.2) is 8.42 Å². The lowest BCUT2D eigenvalue weighted by molar-refractivity contribution is -0.123. The van der Waals surface area contributed by atoms with E-state index in [1.54, 1.807) is 12.1 Å². The molecule has 0 aliphatic rings. The summed E-state index contributed by atoms with van der Waals surface area (Å²) in [5, 5.41) is 11.3. The molecule has 8 heteroatoms. The number of amides is 1. The number of sulfonamides is 1. The second kappa shape index (κ2) is 9.38. The molecule has 0 saturated heterocycles. The molecule has 0 atom stereocenters. The third-order valence-corrected chi connectivity index (χ3v) is 5.03. The molecule has 3 N–H and O–H groups in total. The van der Waals surface area contributed by atoms with Crippen LogP contribution in [0.5, 0.6) is 5.75 Å². The molecule has 0 fully saturated rings. The predicted octanol–water partition coefficient (Wildman–Crippen LogP) is 1.98. The molecule has 0 aliphatic heterocycles. The number of benzene rings is 2. The van der Waals surface area contributed by atoms with Crippen molar-refractivity contribution in [1.82, 2.24) is 5.32 Å². The molecule has 0 unspecified atom stereocenters. The zero-order chi connectivity index (χ0) is 19.9. The van der Waals surface area contributed by atoms with Gasteiger partial charge in [-0.1, -0.05) is 6.07 Å². The first-order chi connectivity index (χ1) is 12.8. The summed E-state index contributed by atoms with van der Waals surface area (Å²) >= 11 is 0. The SMILES string of the molecule is Cc1cc(C)cc(NS(=O)(=O)c2ccc(OCC(=O)NCCCO)cc2)c1. The van der Waals surface area contributed by atoms with Gasteiger partial charge < -0.3 is 15.2 Å². The van der Waals surface area contributed by atoms with Crippen LogP contribution in [0.2, 0.25) is 0 Å². The van der Waals surface area contributed by atoms with Crippen molar-refractivity contribution < 1.29 is 23.1 Å². The van der Waals surface area contributed by atoms with E-state index >= 15 is 0 Å². The number of nitrogens with one attached hydrogen (secondary N) is 2. The average molecular weight is 392 g/mol. The maximum atomic E-state index is 12.5. The third kappa shape index (κ3) is 6.58. The maximum Gasteiger partial charge on any atom is 0.261 e. The molecule has 2 aromatic rings. The number of carbonyl (C=O) groups excluding carboxylic acids is 1. The van der Waals surface area contributed by atoms with E-state index in [0.717, 1.165) is 11.1 Å². The highest BCUT2D eigenvalue weighted by Gasteiger charge is 2.15. The molecule has 1 amide bonds. The van der Waals surface area contributed by atoms with Gasteiger partial charge in [0.25, 0.3) is 15.9 Å². The summed E-state index contributed by atoms with van der Waals surface area (Å²) in [7, 11) is -3.72. The number of aliphatic hydroxyl groups is 1. The van der Waals surface area contributed by atoms with Crippen LogP contribution in [0.4, 0.5) is 5.69 Å². The van der Waals surface area contributed by atoms with Gasteiger partial charge in [0.05, 0.1) is 4.90 Å². The summed E-state index contributed by atoms with van der Waals surface area (Å²) in [6.45, 7) is 4.00. The summed E-state index contributed by atoms with van der Waals surface area (Å²) in [6, 6.07) is 11.3. The van der Waals surface area contributed by atoms with E-state index in [9.17, 15) is 13.2 Å². The first-order valence-corrected chi connectivity index (χ1v) is 10.00. The Morgan fingerprint density at radius 3 is 2.30 bits per heavy atom. The Morgan fingerprint density at radius 1 is 1.07 bits per heavy atom. The summed E-state index contributed by atoms with van der Waals surface area (Å²) < 4.78 is 32.9. The zero-order valence-corrected chi connectivity index (χ0v) is 16.2. The Balaban J connectivity index is 1.97. The predicted molar refractivity (Wildman–Crippen MR) is 103 cm³/mol. The van der Waals surface area contributed by atoms with Gasteiger partial charge in [-0.2, -0.15) is 0 Å². The van der Waals surface area contributed by atoms with Crippen LogP contribution in [0.15, 0.2) is 47.4 Å². The monoisotopic (exact) mass is 392 g/mol. The van der Waals surface area contributed by atoms with Crippen LogP contribution in [-0.2, 0) is 14.8 Å². The van der Waals surface area contributed by atoms with Crippen LogP contribution in [0, 0.1) is 13.8 Å². The Kier molecular flexibility index (Phi) is 7.20. The van der Waals surface area contributed by atoms with Crippen molar-refractivity contribution in [2.45, 2.75) is 25.2 Å². The standard InChI is InChI=1S/C19H24N2O5S/c1-14-10-15(2)12-16(11-14)21-27(24,25)18-6-4-17(5-7-18)26-13-19(23)20-8-3-9-22/h4-7,10-12,21-22H,3,8-9,13H2,1-2H3,(H,20,23). The fourth-order valence-electron chi connectivity index (χ4n) is 2.47. The fourth-order valence-corrected chi connectivity index (χ4v) is 3.51. The normalized spacial score (nSPS) is 11.1. The lowest BCUT2D eigenvalue weighted by Crippen LogP contribution is -2.30. The minimum absolute atomic E-state index is 0.00717. The van der Waals surface area contributed by atoms with Gasteiger partial charge >= 0.3 is 0 Å². The summed E-state index contributed by atoms with van der Waals surface area (Å²) in [5.74, 6) is 0.0780. The molecule has 7 nitrogen and oxygen atoms in total. The molecule has 0 bridgehead atoms. The lowest BCUT2D eigenvalue weighted by atomic mass is 10.1. The van der Waals surface area contributed by atoms with Crippen LogP contribution < -0.4 is 14.8 Å². The molecular formula is C19H24N2O5S. The molecule has 27 heavy (non-hydrogen) atoms. The molecule has 0 aliphatic carbocycles. The van der Waals surface area contributed by atoms with Crippen LogP contribution in [0.1, 0.15) is 17.5 Å². The number of carbonyl (C=O) groups is 1. The molecule has 2 aromatic carbocycles. The van der Waals surface area contributed by atoms with Crippen molar-refractivity contribution >= 4 is 21.6 Å². The Labute approximate surface area is 159 Å². The van der Waals surface area contributed by atoms with Crippen LogP contribution >= 0.6 is 0 Å². The number of rotatable bonds is 9. The summed E-state index contributed by atoms with van der Waals surface area (Å²) in [6.07, 6.45) is 0.478. The third-order valence-electron chi connectivity index (χ3n) is 3.63. The first kappa shape index (κ1) is 20.7. The first-order valence-electron chi connectivity index (χ1n) is 8.52. The number of aliphatic hydroxyl groups excluding tert-OH is 1. The molecule has 0 heterocycles. The average Bonchev–Trinajstić information content (AvgIpc) is 2.59. The molecule has 0 saturated carbocycles. The van der Waals surface area contributed by atoms with E-state index in [1.165, 1.54) is 24.3 Å². The van der Waals surface area contributed by atoms with Crippen LogP contribution in [0.3, 0.4) is 0 Å². The second-order valence-corrected chi connectivity index (χ2v) is 7.85. The van der Waals surface area contributed by atoms with E-state index < -0.39 is 10.0 Å². The van der Waals surface area contributed by atoms with E-state index in [2.05, 4.69) is 10.0 Å². The molecule has 0 aromatic heterocycles. The van der Waals surface area contributed by atoms with Gasteiger partial charge in [0, 0.05) is 18.8 Å². The van der Waals surface area contributed by atoms with Gasteiger partial charge in [-0.3, -0.25) is 9.52 Å². The highest BCUT2D eigenvalue weighted by atomic mass is 32.2. The van der Waals surface area contributed by atoms with E-state index in [4.69, 9.17) is 9.84 Å². The molecule has 2 rings (SSSR count). The number of ether oxygens (including phenoxy) is 1. The fraction of sp³-hybridized carbons (Fsp3) is 0.316. The van der Waals surface area contributed by atoms with Gasteiger partial charge in [-0.15, -0.1) is 0 Å². The van der Waals surface area contributed by atoms with Crippen molar-refractivity contribution in [3.8, 4) is 5.75 Å². The Morgan fingerprint density at radius 2 is 1.70 bits per heavy atom. The Hall–Kier alpha value is -2.58. The van der Waals surface area contributed by atoms with Crippen molar-refractivity contribution in [2.75, 3.05) is 24.5 Å². The maximum absolute atomic E-state index is 12.5. The zero-order valence-electron chi connectivity index (χ0n) is 15.4. The van der Waals surface area contributed by atoms with Crippen molar-refractivity contribution in [3.05, 3.63) is 53.6 Å². The van der Waals surface area contributed by atoms with E-state index in [1.807, 2.05) is 19.9 Å². The number of anilines is 1. The van der Waals surface area contributed by atoms with Gasteiger partial charge in [0.15, 0.2) is 6.61 Å². The second-order valence-electron chi connectivity index (χ2n) is 6.17. The molecular weight excluding hydrogens is 368 g/mol. The minimum Gasteiger partial charge on any atom is -0.484 e. The van der Waals surface area contributed by atoms with Gasteiger partial charge in [0.1, 0.15) is 5.75 Å². The largest absolute Gasteiger partial charge is 0.484 e. The van der Waals surface area contributed by atoms with Crippen LogP contribution in [0.25, 0.3) is 0 Å². The van der Waals surface area contributed by atoms with Gasteiger partial charge in [0.2, 0.25) is 0 Å². The number of hydrogen-bond donors (Lipinski definition) is 3. The quantitative estimate of drug-likeness (QED) is 0.566. The smallest absolute Gasteiger partial charge is 0.261 e. The summed E-state index contributed by atoms with van der Waals surface area (Å²) in [5.41, 5.74) is 2.44. The highest BCUT2D eigenvalue weighted by Crippen LogP contribution is 2.21. The number of hydrogen-bond acceptors (Lipinski definition) is 5. The number of aryl methyl sites for hydroxylation is 2. The van der Waals surface area contributed by atoms with Gasteiger partial charge in [-0.05, 0) is 67.8 Å². The molecule has 0 spiro atoms. The topological polar surface area (TPSA) is 105 Å². The highest BCUT2D eigenvalue weighted by molar-refractivity contribution is 7.92. The van der Waals surface area contributed by atoms with Crippen LogP contribution in [-0.4, -0.2) is 39.2 Å².